The molecule has 1 N–H and O–H groups in total. The number of nitro benzene ring substituents is 1. The van der Waals surface area contributed by atoms with E-state index in [4.69, 9.17) is 9.84 Å². The van der Waals surface area contributed by atoms with Crippen LogP contribution in [-0.4, -0.2) is 22.6 Å². The third-order valence-corrected chi connectivity index (χ3v) is 2.59. The smallest absolute Gasteiger partial charge is 0.310 e. The van der Waals surface area contributed by atoms with Gasteiger partial charge in [0.05, 0.1) is 17.4 Å². The third-order valence-electron chi connectivity index (χ3n) is 2.59. The van der Waals surface area contributed by atoms with Gasteiger partial charge in [-0.25, -0.2) is 0 Å². The van der Waals surface area contributed by atoms with Crippen LogP contribution in [0.25, 0.3) is 0 Å². The summed E-state index contributed by atoms with van der Waals surface area (Å²) in [5.41, 5.74) is 0.361. The van der Waals surface area contributed by atoms with Crippen LogP contribution in [-0.2, 0) is 4.79 Å². The second-order valence-electron chi connectivity index (χ2n) is 3.72. The predicted molar refractivity (Wildman–Crippen MR) is 64.9 cm³/mol. The number of carboxylic acids is 1. The Kier molecular flexibility index (Phi) is 4.65. The average Bonchev–Trinajstić information content (AvgIpc) is 2.29. The fraction of sp³-hybridized carbons (Fsp3) is 0.417. The molecule has 0 amide bonds. The minimum absolute atomic E-state index is 0.111. The third kappa shape index (κ3) is 2.97. The number of nitro groups is 1. The van der Waals surface area contributed by atoms with E-state index in [-0.39, 0.29) is 18.0 Å². The molecule has 1 atom stereocenters. The maximum absolute atomic E-state index is 11.0. The first-order chi connectivity index (χ1) is 8.51. The Bertz CT molecular complexity index is 458. The van der Waals surface area contributed by atoms with E-state index in [9.17, 15) is 14.9 Å². The summed E-state index contributed by atoms with van der Waals surface area (Å²) in [6.45, 7) is 3.75. The van der Waals surface area contributed by atoms with Crippen molar-refractivity contribution in [3.63, 3.8) is 0 Å². The van der Waals surface area contributed by atoms with E-state index >= 15 is 0 Å². The first kappa shape index (κ1) is 14.0. The van der Waals surface area contributed by atoms with Gasteiger partial charge in [-0.3, -0.25) is 14.9 Å². The Morgan fingerprint density at radius 3 is 2.61 bits per heavy atom. The number of ether oxygens (including phenoxy) is 1. The number of aliphatic carboxylic acids is 1. The Hall–Kier alpha value is -2.11. The molecule has 98 valence electrons. The molecule has 0 aliphatic rings. The van der Waals surface area contributed by atoms with E-state index in [0.29, 0.717) is 12.0 Å². The SMILES string of the molecule is CCOc1cc(C(CC)C(=O)O)ccc1[N+](=O)[O-]. The standard InChI is InChI=1S/C12H15NO5/c1-3-9(12(14)15)8-5-6-10(13(16)17)11(7-8)18-4-2/h5-7,9H,3-4H2,1-2H3,(H,14,15). The van der Waals surface area contributed by atoms with Gasteiger partial charge >= 0.3 is 11.7 Å². The molecule has 0 aliphatic carbocycles. The van der Waals surface area contributed by atoms with Crippen LogP contribution < -0.4 is 4.74 Å². The van der Waals surface area contributed by atoms with Crippen molar-refractivity contribution < 1.29 is 19.6 Å². The number of benzene rings is 1. The normalized spacial score (nSPS) is 11.9. The van der Waals surface area contributed by atoms with Crippen molar-refractivity contribution in [2.75, 3.05) is 6.61 Å². The Morgan fingerprint density at radius 1 is 1.50 bits per heavy atom. The second kappa shape index (κ2) is 6.00. The Balaban J connectivity index is 3.21. The van der Waals surface area contributed by atoms with Crippen molar-refractivity contribution >= 4 is 11.7 Å². The molecule has 0 fully saturated rings. The minimum Gasteiger partial charge on any atom is -0.487 e. The van der Waals surface area contributed by atoms with Gasteiger partial charge in [0.2, 0.25) is 0 Å². The lowest BCUT2D eigenvalue weighted by Gasteiger charge is -2.12. The van der Waals surface area contributed by atoms with Gasteiger partial charge in [0.1, 0.15) is 0 Å². The first-order valence-corrected chi connectivity index (χ1v) is 5.65. The maximum atomic E-state index is 11.0. The zero-order valence-electron chi connectivity index (χ0n) is 10.3. The van der Waals surface area contributed by atoms with E-state index in [1.54, 1.807) is 13.8 Å². The van der Waals surface area contributed by atoms with E-state index < -0.39 is 16.8 Å². The lowest BCUT2D eigenvalue weighted by Crippen LogP contribution is -2.11. The summed E-state index contributed by atoms with van der Waals surface area (Å²) in [5, 5.41) is 19.8. The molecule has 0 saturated carbocycles. The molecule has 6 nitrogen and oxygen atoms in total. The first-order valence-electron chi connectivity index (χ1n) is 5.65. The molecular weight excluding hydrogens is 238 g/mol. The molecule has 1 aromatic rings. The van der Waals surface area contributed by atoms with Crippen LogP contribution in [0.4, 0.5) is 5.69 Å². The summed E-state index contributed by atoms with van der Waals surface area (Å²) in [6, 6.07) is 4.18. The molecular formula is C12H15NO5. The van der Waals surface area contributed by atoms with Crippen LogP contribution >= 0.6 is 0 Å². The number of nitrogens with zero attached hydrogens (tertiary/aromatic N) is 1. The number of hydrogen-bond acceptors (Lipinski definition) is 4. The van der Waals surface area contributed by atoms with Gasteiger partial charge in [0, 0.05) is 6.07 Å². The molecule has 0 bridgehead atoms. The van der Waals surface area contributed by atoms with Crippen molar-refractivity contribution in [2.24, 2.45) is 0 Å². The monoisotopic (exact) mass is 253 g/mol. The highest BCUT2D eigenvalue weighted by atomic mass is 16.6. The van der Waals surface area contributed by atoms with Gasteiger partial charge in [-0.1, -0.05) is 13.0 Å². The summed E-state index contributed by atoms with van der Waals surface area (Å²) in [6.07, 6.45) is 0.415. The van der Waals surface area contributed by atoms with E-state index in [1.165, 1.54) is 18.2 Å². The minimum atomic E-state index is -0.950. The molecule has 0 radical (unpaired) electrons. The number of carbonyl (C=O) groups is 1. The summed E-state index contributed by atoms with van der Waals surface area (Å²) >= 11 is 0. The molecule has 1 unspecified atom stereocenters. The van der Waals surface area contributed by atoms with E-state index in [2.05, 4.69) is 0 Å². The van der Waals surface area contributed by atoms with Gasteiger partial charge in [0.15, 0.2) is 5.75 Å². The largest absolute Gasteiger partial charge is 0.487 e. The van der Waals surface area contributed by atoms with Crippen molar-refractivity contribution in [1.82, 2.24) is 0 Å². The molecule has 1 rings (SSSR count). The van der Waals surface area contributed by atoms with Gasteiger partial charge < -0.3 is 9.84 Å². The molecule has 0 heterocycles. The number of hydrogen-bond donors (Lipinski definition) is 1. The lowest BCUT2D eigenvalue weighted by molar-refractivity contribution is -0.385. The number of rotatable bonds is 6. The zero-order chi connectivity index (χ0) is 13.7. The second-order valence-corrected chi connectivity index (χ2v) is 3.72. The average molecular weight is 253 g/mol. The van der Waals surface area contributed by atoms with Crippen LogP contribution in [0.3, 0.4) is 0 Å². The highest BCUT2D eigenvalue weighted by Gasteiger charge is 2.22. The van der Waals surface area contributed by atoms with Crippen molar-refractivity contribution in [3.05, 3.63) is 33.9 Å². The zero-order valence-corrected chi connectivity index (χ0v) is 10.3. The van der Waals surface area contributed by atoms with Crippen molar-refractivity contribution in [2.45, 2.75) is 26.2 Å². The van der Waals surface area contributed by atoms with E-state index in [0.717, 1.165) is 0 Å². The Morgan fingerprint density at radius 2 is 2.17 bits per heavy atom. The van der Waals surface area contributed by atoms with Crippen LogP contribution in [0.5, 0.6) is 5.75 Å². The van der Waals surface area contributed by atoms with Gasteiger partial charge in [-0.05, 0) is 25.0 Å². The summed E-state index contributed by atoms with van der Waals surface area (Å²) in [7, 11) is 0. The molecule has 6 heteroatoms. The van der Waals surface area contributed by atoms with Gasteiger partial charge in [-0.15, -0.1) is 0 Å². The van der Waals surface area contributed by atoms with Crippen LogP contribution in [0, 0.1) is 10.1 Å². The van der Waals surface area contributed by atoms with Crippen LogP contribution in [0.1, 0.15) is 31.7 Å². The summed E-state index contributed by atoms with van der Waals surface area (Å²) in [5.74, 6) is -1.52. The molecule has 18 heavy (non-hydrogen) atoms. The molecule has 0 aromatic heterocycles. The van der Waals surface area contributed by atoms with E-state index in [1.807, 2.05) is 0 Å². The van der Waals surface area contributed by atoms with Gasteiger partial charge in [-0.2, -0.15) is 0 Å². The van der Waals surface area contributed by atoms with Crippen molar-refractivity contribution in [1.29, 1.82) is 0 Å². The van der Waals surface area contributed by atoms with Crippen LogP contribution in [0.2, 0.25) is 0 Å². The van der Waals surface area contributed by atoms with Crippen LogP contribution in [0.15, 0.2) is 18.2 Å². The highest BCUT2D eigenvalue weighted by Crippen LogP contribution is 2.31. The van der Waals surface area contributed by atoms with Gasteiger partial charge in [0.25, 0.3) is 0 Å². The predicted octanol–water partition coefficient (Wildman–Crippen LogP) is 2.57. The highest BCUT2D eigenvalue weighted by molar-refractivity contribution is 5.76. The van der Waals surface area contributed by atoms with Crippen molar-refractivity contribution in [3.8, 4) is 5.75 Å². The number of carboxylic acid groups (broad SMARTS) is 1. The summed E-state index contributed by atoms with van der Waals surface area (Å²) < 4.78 is 5.18. The lowest BCUT2D eigenvalue weighted by atomic mass is 9.96. The maximum Gasteiger partial charge on any atom is 0.310 e. The summed E-state index contributed by atoms with van der Waals surface area (Å²) in [4.78, 5) is 21.3. The Labute approximate surface area is 104 Å². The quantitative estimate of drug-likeness (QED) is 0.621. The topological polar surface area (TPSA) is 89.7 Å². The molecule has 0 spiro atoms. The fourth-order valence-corrected chi connectivity index (χ4v) is 1.72. The molecule has 0 aliphatic heterocycles. The molecule has 1 aromatic carbocycles. The molecule has 0 saturated heterocycles. The fourth-order valence-electron chi connectivity index (χ4n) is 1.72.